The Bertz CT molecular complexity index is 544. The molecule has 3 N–H and O–H groups in total. The lowest BCUT2D eigenvalue weighted by atomic mass is 9.97. The van der Waals surface area contributed by atoms with E-state index in [1.54, 1.807) is 0 Å². The molecule has 1 aliphatic heterocycles. The van der Waals surface area contributed by atoms with Crippen LogP contribution in [0.1, 0.15) is 44.9 Å². The van der Waals surface area contributed by atoms with Gasteiger partial charge in [-0.3, -0.25) is 14.9 Å². The highest BCUT2D eigenvalue weighted by Gasteiger charge is 2.28. The first-order chi connectivity index (χ1) is 11.5. The Morgan fingerprint density at radius 2 is 2.08 bits per heavy atom. The van der Waals surface area contributed by atoms with Crippen LogP contribution in [0.5, 0.6) is 0 Å². The van der Waals surface area contributed by atoms with E-state index >= 15 is 0 Å². The van der Waals surface area contributed by atoms with Crippen LogP contribution >= 0.6 is 0 Å². The van der Waals surface area contributed by atoms with Gasteiger partial charge in [0.15, 0.2) is 6.61 Å². The van der Waals surface area contributed by atoms with Gasteiger partial charge in [-0.15, -0.1) is 0 Å². The standard InChI is InChI=1S/C16H23N3O5/c20-13-7-6-12(18-13)15(22)24-10-14(21)19-16(23)17-9-8-11-4-2-1-3-5-11/h4,12H,1-3,5-10H2,(H,18,20)(H2,17,19,21,23)/t12-/m1/s1. The summed E-state index contributed by atoms with van der Waals surface area (Å²) >= 11 is 0. The zero-order chi connectivity index (χ0) is 17.4. The van der Waals surface area contributed by atoms with Crippen LogP contribution in [0.2, 0.25) is 0 Å². The molecule has 1 heterocycles. The van der Waals surface area contributed by atoms with Gasteiger partial charge in [0.25, 0.3) is 5.91 Å². The normalized spacial score (nSPS) is 19.9. The second-order valence-corrected chi connectivity index (χ2v) is 5.93. The Morgan fingerprint density at radius 1 is 1.25 bits per heavy atom. The van der Waals surface area contributed by atoms with Crippen LogP contribution in [0.4, 0.5) is 4.79 Å². The maximum atomic E-state index is 11.6. The molecule has 0 unspecified atom stereocenters. The summed E-state index contributed by atoms with van der Waals surface area (Å²) in [6.45, 7) is -0.0946. The van der Waals surface area contributed by atoms with Crippen LogP contribution in [0.25, 0.3) is 0 Å². The Balaban J connectivity index is 1.57. The Morgan fingerprint density at radius 3 is 2.75 bits per heavy atom. The van der Waals surface area contributed by atoms with E-state index in [2.05, 4.69) is 22.0 Å². The summed E-state index contributed by atoms with van der Waals surface area (Å²) in [6, 6.07) is -1.32. The summed E-state index contributed by atoms with van der Waals surface area (Å²) in [7, 11) is 0. The number of urea groups is 1. The molecule has 0 aromatic carbocycles. The molecule has 0 bridgehead atoms. The number of esters is 1. The molecular weight excluding hydrogens is 314 g/mol. The van der Waals surface area contributed by atoms with Gasteiger partial charge in [0, 0.05) is 13.0 Å². The highest BCUT2D eigenvalue weighted by molar-refractivity contribution is 5.96. The molecule has 1 saturated heterocycles. The average molecular weight is 337 g/mol. The van der Waals surface area contributed by atoms with E-state index in [1.165, 1.54) is 18.4 Å². The minimum absolute atomic E-state index is 0.214. The number of rotatable bonds is 6. The fourth-order valence-corrected chi connectivity index (χ4v) is 2.70. The molecule has 4 amide bonds. The third-order valence-electron chi connectivity index (χ3n) is 3.99. The minimum atomic E-state index is -0.706. The first-order valence-electron chi connectivity index (χ1n) is 8.26. The van der Waals surface area contributed by atoms with Crippen LogP contribution in [-0.4, -0.2) is 43.0 Å². The number of nitrogens with one attached hydrogen (secondary N) is 3. The van der Waals surface area contributed by atoms with Crippen molar-refractivity contribution in [2.24, 2.45) is 0 Å². The lowest BCUT2D eigenvalue weighted by Crippen LogP contribution is -2.43. The van der Waals surface area contributed by atoms with E-state index in [0.717, 1.165) is 19.3 Å². The second kappa shape index (κ2) is 9.05. The second-order valence-electron chi connectivity index (χ2n) is 5.93. The minimum Gasteiger partial charge on any atom is -0.454 e. The lowest BCUT2D eigenvalue weighted by Gasteiger charge is -2.13. The third kappa shape index (κ3) is 6.02. The van der Waals surface area contributed by atoms with Gasteiger partial charge in [-0.2, -0.15) is 0 Å². The quantitative estimate of drug-likeness (QED) is 0.483. The molecule has 132 valence electrons. The number of hydrogen-bond acceptors (Lipinski definition) is 5. The third-order valence-corrected chi connectivity index (χ3v) is 3.99. The van der Waals surface area contributed by atoms with Crippen molar-refractivity contribution in [2.75, 3.05) is 13.2 Å². The molecular formula is C16H23N3O5. The van der Waals surface area contributed by atoms with Gasteiger partial charge in [0.2, 0.25) is 5.91 Å². The van der Waals surface area contributed by atoms with Crippen molar-refractivity contribution in [3.8, 4) is 0 Å². The van der Waals surface area contributed by atoms with E-state index in [4.69, 9.17) is 4.74 Å². The summed E-state index contributed by atoms with van der Waals surface area (Å²) in [5.74, 6) is -1.59. The van der Waals surface area contributed by atoms with E-state index < -0.39 is 30.6 Å². The van der Waals surface area contributed by atoms with E-state index in [9.17, 15) is 19.2 Å². The van der Waals surface area contributed by atoms with Crippen LogP contribution < -0.4 is 16.0 Å². The van der Waals surface area contributed by atoms with Gasteiger partial charge in [-0.05, 0) is 38.5 Å². The number of carbonyl (C=O) groups excluding carboxylic acids is 4. The first kappa shape index (κ1) is 18.0. The van der Waals surface area contributed by atoms with Gasteiger partial charge in [-0.25, -0.2) is 9.59 Å². The molecule has 2 aliphatic rings. The molecule has 0 radical (unpaired) electrons. The summed E-state index contributed by atoms with van der Waals surface area (Å²) in [6.07, 6.45) is 8.16. The molecule has 2 rings (SSSR count). The molecule has 0 aromatic heterocycles. The molecule has 1 fully saturated rings. The molecule has 0 spiro atoms. The van der Waals surface area contributed by atoms with E-state index in [0.29, 0.717) is 13.0 Å². The van der Waals surface area contributed by atoms with Crippen LogP contribution in [0.15, 0.2) is 11.6 Å². The number of allylic oxidation sites excluding steroid dienone is 1. The van der Waals surface area contributed by atoms with Gasteiger partial charge in [0.1, 0.15) is 6.04 Å². The summed E-state index contributed by atoms with van der Waals surface area (Å²) in [5.41, 5.74) is 1.33. The predicted molar refractivity (Wildman–Crippen MR) is 84.8 cm³/mol. The zero-order valence-corrected chi connectivity index (χ0v) is 13.6. The van der Waals surface area contributed by atoms with E-state index in [1.807, 2.05) is 0 Å². The Labute approximate surface area is 140 Å². The fraction of sp³-hybridized carbons (Fsp3) is 0.625. The number of ether oxygens (including phenoxy) is 1. The molecule has 8 heteroatoms. The van der Waals surface area contributed by atoms with Crippen molar-refractivity contribution in [1.29, 1.82) is 0 Å². The molecule has 24 heavy (non-hydrogen) atoms. The number of hydrogen-bond donors (Lipinski definition) is 3. The number of imide groups is 1. The summed E-state index contributed by atoms with van der Waals surface area (Å²) < 4.78 is 4.78. The predicted octanol–water partition coefficient (Wildman–Crippen LogP) is 0.524. The van der Waals surface area contributed by atoms with Crippen molar-refractivity contribution >= 4 is 23.8 Å². The smallest absolute Gasteiger partial charge is 0.329 e. The summed E-state index contributed by atoms with van der Waals surface area (Å²) in [5, 5.41) is 7.15. The Hall–Kier alpha value is -2.38. The monoisotopic (exact) mass is 337 g/mol. The first-order valence-corrected chi connectivity index (χ1v) is 8.26. The SMILES string of the molecule is O=C(COC(=O)[C@H]1CCC(=O)N1)NC(=O)NCCC1=CCCCC1. The molecule has 0 saturated carbocycles. The van der Waals surface area contributed by atoms with E-state index in [-0.39, 0.29) is 12.3 Å². The number of amides is 4. The highest BCUT2D eigenvalue weighted by atomic mass is 16.5. The average Bonchev–Trinajstić information content (AvgIpc) is 3.00. The van der Waals surface area contributed by atoms with Gasteiger partial charge in [0.05, 0.1) is 0 Å². The van der Waals surface area contributed by atoms with Gasteiger partial charge in [-0.1, -0.05) is 11.6 Å². The zero-order valence-electron chi connectivity index (χ0n) is 13.6. The molecule has 1 aliphatic carbocycles. The van der Waals surface area contributed by atoms with Crippen molar-refractivity contribution in [3.05, 3.63) is 11.6 Å². The van der Waals surface area contributed by atoms with Crippen molar-refractivity contribution in [1.82, 2.24) is 16.0 Å². The summed E-state index contributed by atoms with van der Waals surface area (Å²) in [4.78, 5) is 45.7. The van der Waals surface area contributed by atoms with Gasteiger partial charge < -0.3 is 15.4 Å². The molecule has 1 atom stereocenters. The van der Waals surface area contributed by atoms with Gasteiger partial charge >= 0.3 is 12.0 Å². The van der Waals surface area contributed by atoms with Crippen molar-refractivity contribution in [2.45, 2.75) is 51.0 Å². The molecule has 0 aromatic rings. The number of carbonyl (C=O) groups is 4. The highest BCUT2D eigenvalue weighted by Crippen LogP contribution is 2.19. The van der Waals surface area contributed by atoms with Crippen molar-refractivity contribution in [3.63, 3.8) is 0 Å². The van der Waals surface area contributed by atoms with Crippen LogP contribution in [0.3, 0.4) is 0 Å². The lowest BCUT2D eigenvalue weighted by molar-refractivity contribution is -0.150. The van der Waals surface area contributed by atoms with Crippen LogP contribution in [0, 0.1) is 0 Å². The maximum absolute atomic E-state index is 11.6. The largest absolute Gasteiger partial charge is 0.454 e. The fourth-order valence-electron chi connectivity index (χ4n) is 2.70. The maximum Gasteiger partial charge on any atom is 0.329 e. The topological polar surface area (TPSA) is 114 Å². The molecule has 8 nitrogen and oxygen atoms in total. The van der Waals surface area contributed by atoms with Crippen LogP contribution in [-0.2, 0) is 19.1 Å². The Kier molecular flexibility index (Phi) is 6.77. The van der Waals surface area contributed by atoms with Crippen molar-refractivity contribution < 1.29 is 23.9 Å².